The minimum absolute atomic E-state index is 0.0983. The van der Waals surface area contributed by atoms with Gasteiger partial charge in [0.15, 0.2) is 0 Å². The quantitative estimate of drug-likeness (QED) is 0.365. The molecule has 1 aliphatic carbocycles. The molecule has 8 heteroatoms. The van der Waals surface area contributed by atoms with Crippen LogP contribution in [0.15, 0.2) is 77.7 Å². The van der Waals surface area contributed by atoms with E-state index in [0.717, 1.165) is 47.9 Å². The molecule has 1 N–H and O–H groups in total. The average molecular weight is 562 g/mol. The van der Waals surface area contributed by atoms with E-state index in [2.05, 4.69) is 5.32 Å². The molecular formula is C32H39N3O4S. The molecule has 1 aliphatic rings. The van der Waals surface area contributed by atoms with Crippen LogP contribution in [0, 0.1) is 20.8 Å². The van der Waals surface area contributed by atoms with Gasteiger partial charge in [-0.1, -0.05) is 67.4 Å². The summed E-state index contributed by atoms with van der Waals surface area (Å²) in [6.07, 6.45) is 4.01. The highest BCUT2D eigenvalue weighted by atomic mass is 32.2. The number of hydrogen-bond donors (Lipinski definition) is 1. The van der Waals surface area contributed by atoms with Crippen LogP contribution in [0.25, 0.3) is 0 Å². The van der Waals surface area contributed by atoms with Crippen molar-refractivity contribution in [1.82, 2.24) is 10.2 Å². The maximum atomic E-state index is 14.1. The highest BCUT2D eigenvalue weighted by molar-refractivity contribution is 7.92. The third kappa shape index (κ3) is 6.73. The first-order chi connectivity index (χ1) is 19.1. The number of hydrogen-bond acceptors (Lipinski definition) is 4. The number of nitrogens with one attached hydrogen (secondary N) is 1. The van der Waals surface area contributed by atoms with Crippen LogP contribution in [0.1, 0.15) is 54.9 Å². The van der Waals surface area contributed by atoms with Gasteiger partial charge in [0, 0.05) is 12.6 Å². The van der Waals surface area contributed by atoms with Crippen LogP contribution in [0.5, 0.6) is 0 Å². The lowest BCUT2D eigenvalue weighted by molar-refractivity contribution is -0.139. The van der Waals surface area contributed by atoms with E-state index in [9.17, 15) is 18.0 Å². The predicted molar refractivity (Wildman–Crippen MR) is 158 cm³/mol. The third-order valence-corrected chi connectivity index (χ3v) is 9.49. The molecule has 0 saturated heterocycles. The number of amides is 2. The van der Waals surface area contributed by atoms with Gasteiger partial charge in [-0.05, 0) is 81.0 Å². The van der Waals surface area contributed by atoms with E-state index < -0.39 is 28.5 Å². The Morgan fingerprint density at radius 2 is 1.55 bits per heavy atom. The molecular weight excluding hydrogens is 522 g/mol. The maximum absolute atomic E-state index is 14.1. The van der Waals surface area contributed by atoms with E-state index in [1.165, 1.54) is 21.3 Å². The summed E-state index contributed by atoms with van der Waals surface area (Å²) in [5.74, 6) is -0.671. The van der Waals surface area contributed by atoms with Crippen molar-refractivity contribution in [3.63, 3.8) is 0 Å². The molecule has 0 bridgehead atoms. The number of sulfonamides is 1. The normalized spacial score (nSPS) is 14.5. The van der Waals surface area contributed by atoms with Crippen LogP contribution < -0.4 is 9.62 Å². The zero-order valence-electron chi connectivity index (χ0n) is 23.8. The van der Waals surface area contributed by atoms with Gasteiger partial charge in [-0.2, -0.15) is 0 Å². The fraction of sp³-hybridized carbons (Fsp3) is 0.375. The summed E-state index contributed by atoms with van der Waals surface area (Å²) >= 11 is 0. The fourth-order valence-electron chi connectivity index (χ4n) is 5.17. The van der Waals surface area contributed by atoms with Crippen LogP contribution in [0.3, 0.4) is 0 Å². The highest BCUT2D eigenvalue weighted by Gasteiger charge is 2.34. The van der Waals surface area contributed by atoms with E-state index >= 15 is 0 Å². The van der Waals surface area contributed by atoms with Crippen LogP contribution in [-0.4, -0.2) is 43.8 Å². The molecule has 212 valence electrons. The Hall–Kier alpha value is -3.65. The molecule has 4 rings (SSSR count). The lowest BCUT2D eigenvalue weighted by Crippen LogP contribution is -2.52. The first kappa shape index (κ1) is 29.3. The van der Waals surface area contributed by atoms with Gasteiger partial charge in [0.25, 0.3) is 10.0 Å². The molecule has 0 aliphatic heterocycles. The van der Waals surface area contributed by atoms with Crippen molar-refractivity contribution in [2.75, 3.05) is 10.8 Å². The van der Waals surface area contributed by atoms with E-state index in [1.807, 2.05) is 57.2 Å². The first-order valence-corrected chi connectivity index (χ1v) is 15.3. The van der Waals surface area contributed by atoms with Gasteiger partial charge in [-0.25, -0.2) is 8.42 Å². The summed E-state index contributed by atoms with van der Waals surface area (Å²) in [7, 11) is -4.08. The Balaban J connectivity index is 1.72. The molecule has 1 fully saturated rings. The van der Waals surface area contributed by atoms with E-state index in [1.54, 1.807) is 31.2 Å². The Labute approximate surface area is 238 Å². The summed E-state index contributed by atoms with van der Waals surface area (Å²) in [6, 6.07) is 20.7. The van der Waals surface area contributed by atoms with E-state index in [-0.39, 0.29) is 23.4 Å². The van der Waals surface area contributed by atoms with Crippen LogP contribution >= 0.6 is 0 Å². The monoisotopic (exact) mass is 561 g/mol. The number of carbonyl (C=O) groups is 2. The van der Waals surface area contributed by atoms with Gasteiger partial charge < -0.3 is 10.2 Å². The van der Waals surface area contributed by atoms with Crippen molar-refractivity contribution >= 4 is 27.5 Å². The molecule has 3 aromatic rings. The number of benzene rings is 3. The number of carbonyl (C=O) groups excluding carboxylic acids is 2. The minimum atomic E-state index is -4.08. The lowest BCUT2D eigenvalue weighted by atomic mass is 10.1. The summed E-state index contributed by atoms with van der Waals surface area (Å²) < 4.78 is 29.1. The Morgan fingerprint density at radius 1 is 0.900 bits per heavy atom. The highest BCUT2D eigenvalue weighted by Crippen LogP contribution is 2.28. The van der Waals surface area contributed by atoms with Crippen molar-refractivity contribution in [3.05, 3.63) is 95.1 Å². The third-order valence-electron chi connectivity index (χ3n) is 7.71. The van der Waals surface area contributed by atoms with Crippen molar-refractivity contribution in [2.45, 2.75) is 76.9 Å². The smallest absolute Gasteiger partial charge is 0.264 e. The van der Waals surface area contributed by atoms with Gasteiger partial charge in [-0.3, -0.25) is 13.9 Å². The minimum Gasteiger partial charge on any atom is -0.352 e. The number of anilines is 1. The molecule has 1 saturated carbocycles. The second-order valence-electron chi connectivity index (χ2n) is 10.7. The summed E-state index contributed by atoms with van der Waals surface area (Å²) in [5.41, 5.74) is 3.95. The topological polar surface area (TPSA) is 86.8 Å². The van der Waals surface area contributed by atoms with Gasteiger partial charge in [0.05, 0.1) is 10.6 Å². The van der Waals surface area contributed by atoms with Crippen LogP contribution in [-0.2, 0) is 26.2 Å². The average Bonchev–Trinajstić information content (AvgIpc) is 3.45. The summed E-state index contributed by atoms with van der Waals surface area (Å²) in [6.45, 7) is 7.15. The molecule has 2 amide bonds. The van der Waals surface area contributed by atoms with Crippen molar-refractivity contribution in [3.8, 4) is 0 Å². The van der Waals surface area contributed by atoms with Crippen molar-refractivity contribution in [2.24, 2.45) is 0 Å². The molecule has 3 aromatic carbocycles. The van der Waals surface area contributed by atoms with Gasteiger partial charge in [0.1, 0.15) is 12.6 Å². The maximum Gasteiger partial charge on any atom is 0.264 e. The second kappa shape index (κ2) is 12.7. The number of nitrogens with zero attached hydrogens (tertiary/aromatic N) is 2. The van der Waals surface area contributed by atoms with E-state index in [4.69, 9.17) is 0 Å². The molecule has 40 heavy (non-hydrogen) atoms. The Kier molecular flexibility index (Phi) is 9.30. The molecule has 1 unspecified atom stereocenters. The second-order valence-corrected chi connectivity index (χ2v) is 12.6. The van der Waals surface area contributed by atoms with Crippen molar-refractivity contribution in [1.29, 1.82) is 0 Å². The van der Waals surface area contributed by atoms with Gasteiger partial charge in [-0.15, -0.1) is 0 Å². The number of aryl methyl sites for hydroxylation is 3. The van der Waals surface area contributed by atoms with Crippen LogP contribution in [0.4, 0.5) is 5.69 Å². The molecule has 0 aromatic heterocycles. The van der Waals surface area contributed by atoms with Gasteiger partial charge >= 0.3 is 0 Å². The molecule has 7 nitrogen and oxygen atoms in total. The summed E-state index contributed by atoms with van der Waals surface area (Å²) in [5, 5.41) is 3.11. The first-order valence-electron chi connectivity index (χ1n) is 13.9. The molecule has 0 heterocycles. The van der Waals surface area contributed by atoms with Gasteiger partial charge in [0.2, 0.25) is 11.8 Å². The van der Waals surface area contributed by atoms with Crippen LogP contribution in [0.2, 0.25) is 0 Å². The standard InChI is InChI=1S/C32H39N3O4S/c1-23-18-19-25(3)30(20-23)35(40(38,39)29-16-6-5-7-17-29)22-31(36)34(21-27-13-9-8-12-24(27)2)26(4)32(37)33-28-14-10-11-15-28/h5-9,12-13,16-20,26,28H,10-11,14-15,21-22H2,1-4H3,(H,33,37). The molecule has 1 atom stereocenters. The Morgan fingerprint density at radius 3 is 2.23 bits per heavy atom. The molecule has 0 radical (unpaired) electrons. The zero-order valence-corrected chi connectivity index (χ0v) is 24.6. The largest absolute Gasteiger partial charge is 0.352 e. The van der Waals surface area contributed by atoms with Crippen molar-refractivity contribution < 1.29 is 18.0 Å². The SMILES string of the molecule is Cc1ccc(C)c(N(CC(=O)N(Cc2ccccc2C)C(C)C(=O)NC2CCCC2)S(=O)(=O)c2ccccc2)c1. The number of rotatable bonds is 10. The predicted octanol–water partition coefficient (Wildman–Crippen LogP) is 5.28. The Bertz CT molecular complexity index is 1450. The summed E-state index contributed by atoms with van der Waals surface area (Å²) in [4.78, 5) is 29.1. The molecule has 0 spiro atoms. The van der Waals surface area contributed by atoms with E-state index in [0.29, 0.717) is 5.69 Å². The lowest BCUT2D eigenvalue weighted by Gasteiger charge is -2.33. The fourth-order valence-corrected chi connectivity index (χ4v) is 6.66. The zero-order chi connectivity index (χ0) is 28.9.